The molecule has 0 saturated heterocycles. The number of carbonyl (C=O) groups excluding carboxylic acids is 1. The van der Waals surface area contributed by atoms with Crippen LogP contribution in [0.15, 0.2) is 30.6 Å². The molecule has 2 aromatic rings. The molecule has 4 N–H and O–H groups in total. The third kappa shape index (κ3) is 4.06. The van der Waals surface area contributed by atoms with Gasteiger partial charge in [0.05, 0.1) is 0 Å². The highest BCUT2D eigenvalue weighted by Crippen LogP contribution is 2.22. The normalized spacial score (nSPS) is 10.2. The number of rotatable bonds is 5. The van der Waals surface area contributed by atoms with E-state index in [0.717, 1.165) is 5.56 Å². The van der Waals surface area contributed by atoms with Gasteiger partial charge < -0.3 is 16.4 Å². The zero-order valence-corrected chi connectivity index (χ0v) is 12.3. The molecule has 0 bridgehead atoms. The second kappa shape index (κ2) is 6.90. The Kier molecular flexibility index (Phi) is 4.94. The van der Waals surface area contributed by atoms with E-state index < -0.39 is 0 Å². The lowest BCUT2D eigenvalue weighted by Crippen LogP contribution is -2.29. The van der Waals surface area contributed by atoms with Gasteiger partial charge in [-0.15, -0.1) is 0 Å². The van der Waals surface area contributed by atoms with Crippen LogP contribution in [0.2, 0.25) is 5.02 Å². The maximum atomic E-state index is 11.9. The van der Waals surface area contributed by atoms with E-state index in [2.05, 4.69) is 20.6 Å². The van der Waals surface area contributed by atoms with E-state index in [-0.39, 0.29) is 16.7 Å². The van der Waals surface area contributed by atoms with Crippen LogP contribution in [0, 0.1) is 6.92 Å². The van der Waals surface area contributed by atoms with Crippen LogP contribution >= 0.6 is 11.6 Å². The van der Waals surface area contributed by atoms with Crippen LogP contribution < -0.4 is 16.4 Å². The Morgan fingerprint density at radius 1 is 1.24 bits per heavy atom. The van der Waals surface area contributed by atoms with Crippen LogP contribution in [-0.4, -0.2) is 29.0 Å². The molecule has 6 nitrogen and oxygen atoms in total. The van der Waals surface area contributed by atoms with Gasteiger partial charge in [-0.05, 0) is 19.1 Å². The molecule has 21 heavy (non-hydrogen) atoms. The number of hydrogen-bond donors (Lipinski definition) is 3. The SMILES string of the molecule is Cc1ccc(C(=O)NCCNc2ncnc(N)c2Cl)cc1. The molecule has 0 aliphatic heterocycles. The third-order valence-corrected chi connectivity index (χ3v) is 3.21. The van der Waals surface area contributed by atoms with E-state index in [1.165, 1.54) is 6.33 Å². The van der Waals surface area contributed by atoms with Gasteiger partial charge in [-0.1, -0.05) is 29.3 Å². The minimum Gasteiger partial charge on any atom is -0.382 e. The number of halogens is 1. The van der Waals surface area contributed by atoms with Crippen LogP contribution in [0.5, 0.6) is 0 Å². The Balaban J connectivity index is 1.80. The number of anilines is 2. The first-order valence-electron chi connectivity index (χ1n) is 6.42. The van der Waals surface area contributed by atoms with E-state index in [1.54, 1.807) is 12.1 Å². The molecule has 1 heterocycles. The maximum Gasteiger partial charge on any atom is 0.251 e. The van der Waals surface area contributed by atoms with Crippen LogP contribution in [-0.2, 0) is 0 Å². The summed E-state index contributed by atoms with van der Waals surface area (Å²) in [6, 6.07) is 7.38. The van der Waals surface area contributed by atoms with Crippen molar-refractivity contribution in [3.63, 3.8) is 0 Å². The fraction of sp³-hybridized carbons (Fsp3) is 0.214. The van der Waals surface area contributed by atoms with E-state index in [0.29, 0.717) is 24.5 Å². The number of carbonyl (C=O) groups is 1. The zero-order valence-electron chi connectivity index (χ0n) is 11.6. The van der Waals surface area contributed by atoms with E-state index >= 15 is 0 Å². The molecule has 0 saturated carbocycles. The first-order valence-corrected chi connectivity index (χ1v) is 6.80. The molecule has 1 aromatic carbocycles. The maximum absolute atomic E-state index is 11.9. The van der Waals surface area contributed by atoms with Crippen molar-refractivity contribution in [2.24, 2.45) is 0 Å². The number of aryl methyl sites for hydroxylation is 1. The summed E-state index contributed by atoms with van der Waals surface area (Å²) >= 11 is 5.95. The smallest absolute Gasteiger partial charge is 0.251 e. The van der Waals surface area contributed by atoms with Crippen LogP contribution in [0.3, 0.4) is 0 Å². The molecule has 0 spiro atoms. The molecule has 110 valence electrons. The fourth-order valence-corrected chi connectivity index (χ4v) is 1.84. The van der Waals surface area contributed by atoms with Crippen molar-refractivity contribution >= 4 is 29.1 Å². The van der Waals surface area contributed by atoms with Gasteiger partial charge in [0.25, 0.3) is 5.91 Å². The standard InChI is InChI=1S/C14H16ClN5O/c1-9-2-4-10(5-3-9)14(21)18-7-6-17-13-11(15)12(16)19-8-20-13/h2-5,8H,6-7H2,1H3,(H,18,21)(H3,16,17,19,20). The number of nitrogens with one attached hydrogen (secondary N) is 2. The number of hydrogen-bond acceptors (Lipinski definition) is 5. The molecule has 0 atom stereocenters. The van der Waals surface area contributed by atoms with Gasteiger partial charge in [-0.2, -0.15) is 0 Å². The Labute approximate surface area is 127 Å². The molecule has 1 aromatic heterocycles. The van der Waals surface area contributed by atoms with Gasteiger partial charge in [-0.25, -0.2) is 9.97 Å². The molecule has 7 heteroatoms. The number of nitrogens with zero attached hydrogens (tertiary/aromatic N) is 2. The molecule has 0 radical (unpaired) electrons. The van der Waals surface area contributed by atoms with Crippen molar-refractivity contribution in [2.75, 3.05) is 24.1 Å². The van der Waals surface area contributed by atoms with Gasteiger partial charge in [-0.3, -0.25) is 4.79 Å². The van der Waals surface area contributed by atoms with E-state index in [4.69, 9.17) is 17.3 Å². The van der Waals surface area contributed by atoms with Crippen molar-refractivity contribution in [3.05, 3.63) is 46.7 Å². The summed E-state index contributed by atoms with van der Waals surface area (Å²) in [6.07, 6.45) is 1.33. The number of benzene rings is 1. The summed E-state index contributed by atoms with van der Waals surface area (Å²) in [6.45, 7) is 2.89. The van der Waals surface area contributed by atoms with Gasteiger partial charge in [0.2, 0.25) is 0 Å². The molecule has 0 aliphatic carbocycles. The topological polar surface area (TPSA) is 92.9 Å². The van der Waals surface area contributed by atoms with Crippen molar-refractivity contribution in [2.45, 2.75) is 6.92 Å². The van der Waals surface area contributed by atoms with Crippen molar-refractivity contribution < 1.29 is 4.79 Å². The second-order valence-corrected chi connectivity index (χ2v) is 4.85. The van der Waals surface area contributed by atoms with Gasteiger partial charge in [0, 0.05) is 18.7 Å². The van der Waals surface area contributed by atoms with Crippen molar-refractivity contribution in [3.8, 4) is 0 Å². The number of nitrogen functional groups attached to an aromatic ring is 1. The Bertz CT molecular complexity index is 630. The summed E-state index contributed by atoms with van der Waals surface area (Å²) in [5.74, 6) is 0.553. The molecule has 0 fully saturated rings. The Morgan fingerprint density at radius 2 is 1.95 bits per heavy atom. The van der Waals surface area contributed by atoms with Gasteiger partial charge in [0.1, 0.15) is 17.2 Å². The molecule has 0 unspecified atom stereocenters. The lowest BCUT2D eigenvalue weighted by Gasteiger charge is -2.09. The quantitative estimate of drug-likeness (QED) is 0.733. The van der Waals surface area contributed by atoms with Crippen LogP contribution in [0.4, 0.5) is 11.6 Å². The monoisotopic (exact) mass is 305 g/mol. The zero-order chi connectivity index (χ0) is 15.2. The summed E-state index contributed by atoms with van der Waals surface area (Å²) in [5, 5.41) is 6.08. The predicted molar refractivity (Wildman–Crippen MR) is 83.5 cm³/mol. The summed E-state index contributed by atoms with van der Waals surface area (Å²) in [5.41, 5.74) is 7.31. The number of amides is 1. The first kappa shape index (κ1) is 15.1. The van der Waals surface area contributed by atoms with Gasteiger partial charge in [0.15, 0.2) is 5.82 Å². The molecule has 2 rings (SSSR count). The number of aromatic nitrogens is 2. The van der Waals surface area contributed by atoms with E-state index in [9.17, 15) is 4.79 Å². The fourth-order valence-electron chi connectivity index (χ4n) is 1.67. The Hall–Kier alpha value is -2.34. The summed E-state index contributed by atoms with van der Waals surface area (Å²) < 4.78 is 0. The minimum atomic E-state index is -0.120. The van der Waals surface area contributed by atoms with E-state index in [1.807, 2.05) is 19.1 Å². The lowest BCUT2D eigenvalue weighted by atomic mass is 10.1. The van der Waals surface area contributed by atoms with Crippen molar-refractivity contribution in [1.82, 2.24) is 15.3 Å². The Morgan fingerprint density at radius 3 is 2.67 bits per heavy atom. The average molecular weight is 306 g/mol. The lowest BCUT2D eigenvalue weighted by molar-refractivity contribution is 0.0955. The van der Waals surface area contributed by atoms with Gasteiger partial charge >= 0.3 is 0 Å². The number of nitrogens with two attached hydrogens (primary N) is 1. The third-order valence-electron chi connectivity index (χ3n) is 2.83. The van der Waals surface area contributed by atoms with Crippen LogP contribution in [0.25, 0.3) is 0 Å². The summed E-state index contributed by atoms with van der Waals surface area (Å²) in [4.78, 5) is 19.6. The highest BCUT2D eigenvalue weighted by atomic mass is 35.5. The van der Waals surface area contributed by atoms with Crippen molar-refractivity contribution in [1.29, 1.82) is 0 Å². The second-order valence-electron chi connectivity index (χ2n) is 4.47. The average Bonchev–Trinajstić information content (AvgIpc) is 2.48. The molecular formula is C14H16ClN5O. The molecule has 1 amide bonds. The molecular weight excluding hydrogens is 290 g/mol. The van der Waals surface area contributed by atoms with Crippen LogP contribution in [0.1, 0.15) is 15.9 Å². The highest BCUT2D eigenvalue weighted by Gasteiger charge is 2.06. The minimum absolute atomic E-state index is 0.120. The molecule has 0 aliphatic rings. The highest BCUT2D eigenvalue weighted by molar-refractivity contribution is 6.35. The summed E-state index contributed by atoms with van der Waals surface area (Å²) in [7, 11) is 0. The first-order chi connectivity index (χ1) is 10.1. The predicted octanol–water partition coefficient (Wildman–Crippen LogP) is 1.86. The largest absolute Gasteiger partial charge is 0.382 e.